The summed E-state index contributed by atoms with van der Waals surface area (Å²) in [6.07, 6.45) is 7.92. The number of ether oxygens (including phenoxy) is 1. The van der Waals surface area contributed by atoms with Gasteiger partial charge in [-0.3, -0.25) is 0 Å². The van der Waals surface area contributed by atoms with Crippen molar-refractivity contribution in [2.24, 2.45) is 0 Å². The van der Waals surface area contributed by atoms with E-state index in [1.165, 1.54) is 10.9 Å². The van der Waals surface area contributed by atoms with Crippen molar-refractivity contribution in [1.29, 1.82) is 0 Å². The lowest BCUT2D eigenvalue weighted by molar-refractivity contribution is -0.131. The summed E-state index contributed by atoms with van der Waals surface area (Å²) >= 11 is 0. The lowest BCUT2D eigenvalue weighted by atomic mass is 9.85. The van der Waals surface area contributed by atoms with Crippen LogP contribution in [0.15, 0.2) is 54.7 Å². The minimum Gasteiger partial charge on any atom is -0.478 e. The number of carboxylic acid groups (broad SMARTS) is 1. The Morgan fingerprint density at radius 3 is 2.76 bits per heavy atom. The van der Waals surface area contributed by atoms with E-state index in [0.29, 0.717) is 13.0 Å². The monoisotopic (exact) mass is 460 g/mol. The quantitative estimate of drug-likeness (QED) is 0.434. The number of hydrogen-bond donors (Lipinski definition) is 2. The highest BCUT2D eigenvalue weighted by atomic mass is 16.6. The SMILES string of the molecule is CC(C)(C)OC(=O)N(CCc1c[nH]c2ccccc12)C1CCCc2cc(/C=C/C(=O)O)ccc21. The summed E-state index contributed by atoms with van der Waals surface area (Å²) in [5.41, 5.74) is 4.80. The van der Waals surface area contributed by atoms with Gasteiger partial charge in [-0.2, -0.15) is 0 Å². The van der Waals surface area contributed by atoms with Gasteiger partial charge in [0.25, 0.3) is 0 Å². The van der Waals surface area contributed by atoms with Gasteiger partial charge < -0.3 is 19.7 Å². The molecule has 0 saturated heterocycles. The topological polar surface area (TPSA) is 82.6 Å². The van der Waals surface area contributed by atoms with Gasteiger partial charge in [0.05, 0.1) is 6.04 Å². The molecule has 0 radical (unpaired) electrons. The average molecular weight is 461 g/mol. The van der Waals surface area contributed by atoms with Gasteiger partial charge in [-0.15, -0.1) is 0 Å². The molecule has 178 valence electrons. The lowest BCUT2D eigenvalue weighted by Gasteiger charge is -2.37. The lowest BCUT2D eigenvalue weighted by Crippen LogP contribution is -2.41. The number of benzene rings is 2. The molecular weight excluding hydrogens is 428 g/mol. The Morgan fingerprint density at radius 1 is 1.21 bits per heavy atom. The molecule has 0 fully saturated rings. The van der Waals surface area contributed by atoms with Gasteiger partial charge in [0.1, 0.15) is 5.60 Å². The molecule has 1 unspecified atom stereocenters. The molecule has 4 rings (SSSR count). The van der Waals surface area contributed by atoms with E-state index in [0.717, 1.165) is 47.5 Å². The highest BCUT2D eigenvalue weighted by Crippen LogP contribution is 2.36. The normalized spacial score (nSPS) is 15.9. The zero-order valence-electron chi connectivity index (χ0n) is 20.0. The third-order valence-corrected chi connectivity index (χ3v) is 6.17. The van der Waals surface area contributed by atoms with Crippen LogP contribution in [0.1, 0.15) is 61.9 Å². The molecule has 6 heteroatoms. The van der Waals surface area contributed by atoms with Crippen molar-refractivity contribution in [2.75, 3.05) is 6.54 Å². The minimum atomic E-state index is -0.969. The molecule has 1 amide bonds. The van der Waals surface area contributed by atoms with E-state index < -0.39 is 11.6 Å². The highest BCUT2D eigenvalue weighted by Gasteiger charge is 2.32. The van der Waals surface area contributed by atoms with Gasteiger partial charge in [0, 0.05) is 29.7 Å². The molecule has 0 bridgehead atoms. The summed E-state index contributed by atoms with van der Waals surface area (Å²) in [7, 11) is 0. The van der Waals surface area contributed by atoms with Crippen LogP contribution in [0.3, 0.4) is 0 Å². The third kappa shape index (κ3) is 5.50. The standard InChI is InChI=1S/C28H32N2O4/c1-28(2,3)34-27(33)30(16-15-21-18-29-24-9-5-4-8-22(21)24)25-10-6-7-20-17-19(11-13-23(20)25)12-14-26(31)32/h4-5,8-9,11-14,17-18,25,29H,6-7,10,15-16H2,1-3H3,(H,31,32)/b14-12+. The maximum absolute atomic E-state index is 13.4. The van der Waals surface area contributed by atoms with E-state index in [4.69, 9.17) is 9.84 Å². The molecule has 2 aromatic carbocycles. The second-order valence-electron chi connectivity index (χ2n) is 9.82. The number of para-hydroxylation sites is 1. The average Bonchev–Trinajstić information content (AvgIpc) is 3.19. The summed E-state index contributed by atoms with van der Waals surface area (Å²) in [5.74, 6) is -0.969. The number of carboxylic acids is 1. The Hall–Kier alpha value is -3.54. The Morgan fingerprint density at radius 2 is 2.00 bits per heavy atom. The largest absolute Gasteiger partial charge is 0.478 e. The highest BCUT2D eigenvalue weighted by molar-refractivity contribution is 5.85. The van der Waals surface area contributed by atoms with Crippen LogP contribution < -0.4 is 0 Å². The summed E-state index contributed by atoms with van der Waals surface area (Å²) in [5, 5.41) is 10.1. The molecule has 0 saturated carbocycles. The molecule has 1 aliphatic carbocycles. The predicted molar refractivity (Wildman–Crippen MR) is 134 cm³/mol. The molecule has 1 heterocycles. The fraction of sp³-hybridized carbons (Fsp3) is 0.357. The summed E-state index contributed by atoms with van der Waals surface area (Å²) < 4.78 is 5.82. The molecule has 34 heavy (non-hydrogen) atoms. The van der Waals surface area contributed by atoms with Crippen LogP contribution in [0.25, 0.3) is 17.0 Å². The summed E-state index contributed by atoms with van der Waals surface area (Å²) in [4.78, 5) is 29.4. The smallest absolute Gasteiger partial charge is 0.410 e. The number of aromatic amines is 1. The molecule has 0 spiro atoms. The predicted octanol–water partition coefficient (Wildman–Crippen LogP) is 6.12. The first kappa shape index (κ1) is 23.6. The van der Waals surface area contributed by atoms with Crippen molar-refractivity contribution in [1.82, 2.24) is 9.88 Å². The second kappa shape index (κ2) is 9.75. The Bertz CT molecular complexity index is 1220. The molecular formula is C28H32N2O4. The molecule has 3 aromatic rings. The summed E-state index contributed by atoms with van der Waals surface area (Å²) in [6, 6.07) is 14.1. The number of H-pyrrole nitrogens is 1. The zero-order valence-corrected chi connectivity index (χ0v) is 20.0. The Labute approximate surface area is 200 Å². The van der Waals surface area contributed by atoms with Crippen molar-refractivity contribution in [2.45, 2.75) is 58.1 Å². The third-order valence-electron chi connectivity index (χ3n) is 6.17. The van der Waals surface area contributed by atoms with E-state index in [9.17, 15) is 9.59 Å². The number of amides is 1. The van der Waals surface area contributed by atoms with Crippen molar-refractivity contribution >= 4 is 29.0 Å². The Balaban J connectivity index is 1.62. The van der Waals surface area contributed by atoms with Gasteiger partial charge in [-0.1, -0.05) is 36.4 Å². The van der Waals surface area contributed by atoms with E-state index >= 15 is 0 Å². The van der Waals surface area contributed by atoms with Crippen molar-refractivity contribution in [3.8, 4) is 0 Å². The minimum absolute atomic E-state index is 0.0821. The first-order chi connectivity index (χ1) is 16.2. The number of rotatable bonds is 6. The number of carbonyl (C=O) groups is 2. The number of aryl methyl sites for hydroxylation is 1. The molecule has 0 aliphatic heterocycles. The van der Waals surface area contributed by atoms with Gasteiger partial charge in [-0.25, -0.2) is 9.59 Å². The van der Waals surface area contributed by atoms with Gasteiger partial charge in [0.15, 0.2) is 0 Å². The maximum atomic E-state index is 13.4. The fourth-order valence-corrected chi connectivity index (χ4v) is 4.68. The molecule has 1 aromatic heterocycles. The van der Waals surface area contributed by atoms with Gasteiger partial charge in [0.2, 0.25) is 0 Å². The second-order valence-corrected chi connectivity index (χ2v) is 9.82. The first-order valence-corrected chi connectivity index (χ1v) is 11.8. The van der Waals surface area contributed by atoms with E-state index in [-0.39, 0.29) is 12.1 Å². The molecule has 1 aliphatic rings. The number of fused-ring (bicyclic) bond motifs is 2. The van der Waals surface area contributed by atoms with Crippen LogP contribution in [0, 0.1) is 0 Å². The van der Waals surface area contributed by atoms with Crippen LogP contribution in [0.5, 0.6) is 0 Å². The van der Waals surface area contributed by atoms with Crippen LogP contribution in [0.4, 0.5) is 4.79 Å². The van der Waals surface area contributed by atoms with Crippen LogP contribution in [0.2, 0.25) is 0 Å². The maximum Gasteiger partial charge on any atom is 0.410 e. The summed E-state index contributed by atoms with van der Waals surface area (Å²) in [6.45, 7) is 6.21. The zero-order chi connectivity index (χ0) is 24.3. The van der Waals surface area contributed by atoms with Crippen molar-refractivity contribution in [3.63, 3.8) is 0 Å². The molecule has 1 atom stereocenters. The molecule has 6 nitrogen and oxygen atoms in total. The number of carbonyl (C=O) groups excluding carboxylic acids is 1. The van der Waals surface area contributed by atoms with Gasteiger partial charge in [-0.05, 0) is 80.9 Å². The Kier molecular flexibility index (Phi) is 6.77. The van der Waals surface area contributed by atoms with Crippen LogP contribution in [-0.2, 0) is 22.4 Å². The number of nitrogens with zero attached hydrogens (tertiary/aromatic N) is 1. The van der Waals surface area contributed by atoms with Crippen molar-refractivity contribution in [3.05, 3.63) is 77.0 Å². The number of aromatic nitrogens is 1. The van der Waals surface area contributed by atoms with E-state index in [1.54, 1.807) is 6.08 Å². The van der Waals surface area contributed by atoms with Crippen molar-refractivity contribution < 1.29 is 19.4 Å². The first-order valence-electron chi connectivity index (χ1n) is 11.8. The number of aliphatic carboxylic acids is 1. The number of nitrogens with one attached hydrogen (secondary N) is 1. The van der Waals surface area contributed by atoms with E-state index in [2.05, 4.69) is 17.1 Å². The van der Waals surface area contributed by atoms with Gasteiger partial charge >= 0.3 is 12.1 Å². The van der Waals surface area contributed by atoms with Crippen LogP contribution >= 0.6 is 0 Å². The molecule has 2 N–H and O–H groups in total. The van der Waals surface area contributed by atoms with Crippen LogP contribution in [-0.4, -0.2) is 39.2 Å². The fourth-order valence-electron chi connectivity index (χ4n) is 4.68. The van der Waals surface area contributed by atoms with E-state index in [1.807, 2.05) is 62.2 Å². The number of hydrogen-bond acceptors (Lipinski definition) is 3.